The number of rotatable bonds is 5. The first-order chi connectivity index (χ1) is 10.7. The zero-order valence-electron chi connectivity index (χ0n) is 12.8. The summed E-state index contributed by atoms with van der Waals surface area (Å²) in [5.41, 5.74) is 1.11. The van der Waals surface area contributed by atoms with E-state index in [9.17, 15) is 0 Å². The van der Waals surface area contributed by atoms with E-state index >= 15 is 0 Å². The van der Waals surface area contributed by atoms with Crippen molar-refractivity contribution >= 4 is 19.4 Å². The van der Waals surface area contributed by atoms with E-state index in [4.69, 9.17) is 14.2 Å². The molecule has 1 unspecified atom stereocenters. The quantitative estimate of drug-likeness (QED) is 0.765. The van der Waals surface area contributed by atoms with E-state index in [1.807, 2.05) is 30.3 Å². The van der Waals surface area contributed by atoms with Gasteiger partial charge in [0.05, 0.1) is 0 Å². The van der Waals surface area contributed by atoms with Gasteiger partial charge in [-0.2, -0.15) is 0 Å². The summed E-state index contributed by atoms with van der Waals surface area (Å²) in [7, 11) is 1.69. The van der Waals surface area contributed by atoms with Gasteiger partial charge in [-0.3, -0.25) is 0 Å². The normalized spacial score (nSPS) is 18.1. The summed E-state index contributed by atoms with van der Waals surface area (Å²) in [6.45, 7) is 3.51. The summed E-state index contributed by atoms with van der Waals surface area (Å²) in [6.07, 6.45) is 0. The van der Waals surface area contributed by atoms with Gasteiger partial charge in [0, 0.05) is 0 Å². The third kappa shape index (κ3) is 3.06. The third-order valence-corrected chi connectivity index (χ3v) is 6.33. The average Bonchev–Trinajstić information content (AvgIpc) is 3.07. The molecule has 1 saturated heterocycles. The molecule has 22 heavy (non-hydrogen) atoms. The molecule has 0 radical (unpaired) electrons. The first kappa shape index (κ1) is 15.6. The third-order valence-electron chi connectivity index (χ3n) is 3.80. The van der Waals surface area contributed by atoms with Gasteiger partial charge in [0.15, 0.2) is 0 Å². The van der Waals surface area contributed by atoms with Crippen LogP contribution in [0, 0.1) is 0 Å². The monoisotopic (exact) mass is 364 g/mol. The van der Waals surface area contributed by atoms with E-state index < -0.39 is 5.79 Å². The predicted molar refractivity (Wildman–Crippen MR) is 87.8 cm³/mol. The van der Waals surface area contributed by atoms with E-state index in [1.165, 1.54) is 4.46 Å². The van der Waals surface area contributed by atoms with Crippen LogP contribution in [-0.2, 0) is 15.3 Å². The molecule has 1 atom stereocenters. The van der Waals surface area contributed by atoms with Crippen LogP contribution in [-0.4, -0.2) is 35.3 Å². The van der Waals surface area contributed by atoms with Gasteiger partial charge in [-0.15, -0.1) is 0 Å². The van der Waals surface area contributed by atoms with E-state index in [0.29, 0.717) is 13.2 Å². The van der Waals surface area contributed by atoms with Crippen molar-refractivity contribution < 1.29 is 14.2 Å². The Morgan fingerprint density at radius 2 is 1.64 bits per heavy atom. The molecule has 3 nitrogen and oxygen atoms in total. The standard InChI is InChI=1S/C18H20O3Se/c1-14(22-17-10-8-16(19-2)9-11-17)18(20-12-13-21-18)15-6-4-3-5-7-15/h3-11,14H,12-13H2,1-2H3. The molecule has 0 bridgehead atoms. The van der Waals surface area contributed by atoms with Crippen LogP contribution >= 0.6 is 0 Å². The van der Waals surface area contributed by atoms with Gasteiger partial charge in [-0.25, -0.2) is 0 Å². The Morgan fingerprint density at radius 1 is 1.00 bits per heavy atom. The van der Waals surface area contributed by atoms with Crippen molar-refractivity contribution in [1.82, 2.24) is 0 Å². The molecule has 2 aromatic rings. The van der Waals surface area contributed by atoms with E-state index in [2.05, 4.69) is 31.2 Å². The molecular formula is C18H20O3Se. The van der Waals surface area contributed by atoms with Crippen molar-refractivity contribution in [3.8, 4) is 5.75 Å². The molecule has 0 N–H and O–H groups in total. The van der Waals surface area contributed by atoms with Crippen LogP contribution in [0.3, 0.4) is 0 Å². The first-order valence-corrected chi connectivity index (χ1v) is 9.23. The summed E-state index contributed by atoms with van der Waals surface area (Å²) in [4.78, 5) is 0.276. The van der Waals surface area contributed by atoms with Gasteiger partial charge in [0.1, 0.15) is 0 Å². The Morgan fingerprint density at radius 3 is 2.23 bits per heavy atom. The summed E-state index contributed by atoms with van der Waals surface area (Å²) in [6, 6.07) is 18.5. The van der Waals surface area contributed by atoms with Crippen molar-refractivity contribution in [2.75, 3.05) is 20.3 Å². The molecule has 2 aromatic carbocycles. The van der Waals surface area contributed by atoms with Crippen LogP contribution in [0.4, 0.5) is 0 Å². The molecule has 3 rings (SSSR count). The number of methoxy groups -OCH3 is 1. The van der Waals surface area contributed by atoms with Gasteiger partial charge >= 0.3 is 137 Å². The molecule has 1 fully saturated rings. The van der Waals surface area contributed by atoms with Crippen LogP contribution in [0.15, 0.2) is 54.6 Å². The zero-order valence-corrected chi connectivity index (χ0v) is 14.5. The Kier molecular flexibility index (Phi) is 4.84. The zero-order chi connectivity index (χ0) is 15.4. The van der Waals surface area contributed by atoms with Crippen molar-refractivity contribution in [2.45, 2.75) is 17.5 Å². The van der Waals surface area contributed by atoms with E-state index in [1.54, 1.807) is 7.11 Å². The van der Waals surface area contributed by atoms with Crippen LogP contribution in [0.25, 0.3) is 0 Å². The van der Waals surface area contributed by atoms with Crippen molar-refractivity contribution in [2.24, 2.45) is 0 Å². The summed E-state index contributed by atoms with van der Waals surface area (Å²) in [5, 5.41) is 0. The Bertz CT molecular complexity index is 591. The van der Waals surface area contributed by atoms with E-state index in [0.717, 1.165) is 11.3 Å². The Hall–Kier alpha value is -1.32. The molecule has 0 aromatic heterocycles. The number of benzene rings is 2. The second-order valence-electron chi connectivity index (χ2n) is 5.17. The van der Waals surface area contributed by atoms with Gasteiger partial charge < -0.3 is 0 Å². The van der Waals surface area contributed by atoms with Crippen molar-refractivity contribution in [1.29, 1.82) is 0 Å². The topological polar surface area (TPSA) is 27.7 Å². The number of hydrogen-bond donors (Lipinski definition) is 0. The molecule has 1 aliphatic heterocycles. The molecule has 4 heteroatoms. The fourth-order valence-electron chi connectivity index (χ4n) is 2.67. The van der Waals surface area contributed by atoms with Gasteiger partial charge in [0.2, 0.25) is 0 Å². The average molecular weight is 363 g/mol. The predicted octanol–water partition coefficient (Wildman–Crippen LogP) is 2.73. The summed E-state index contributed by atoms with van der Waals surface area (Å²) < 4.78 is 18.7. The second-order valence-corrected chi connectivity index (χ2v) is 8.13. The molecule has 1 aliphatic rings. The second kappa shape index (κ2) is 6.84. The van der Waals surface area contributed by atoms with E-state index in [-0.39, 0.29) is 19.8 Å². The first-order valence-electron chi connectivity index (χ1n) is 7.39. The molecule has 116 valence electrons. The van der Waals surface area contributed by atoms with Gasteiger partial charge in [-0.1, -0.05) is 0 Å². The van der Waals surface area contributed by atoms with Crippen LogP contribution in [0.1, 0.15) is 12.5 Å². The molecule has 0 aliphatic carbocycles. The maximum atomic E-state index is 6.07. The minimum atomic E-state index is -0.610. The molecule has 0 saturated carbocycles. The molecule has 1 heterocycles. The van der Waals surface area contributed by atoms with Crippen LogP contribution < -0.4 is 9.20 Å². The van der Waals surface area contributed by atoms with Crippen LogP contribution in [0.2, 0.25) is 4.82 Å². The number of hydrogen-bond acceptors (Lipinski definition) is 3. The Labute approximate surface area is 137 Å². The fraction of sp³-hybridized carbons (Fsp3) is 0.333. The molecule has 0 amide bonds. The summed E-state index contributed by atoms with van der Waals surface area (Å²) in [5.74, 6) is 0.277. The SMILES string of the molecule is COc1ccc([Se]C(C)C2(c3ccccc3)OCCO2)cc1. The molecular weight excluding hydrogens is 343 g/mol. The Balaban J connectivity index is 1.82. The van der Waals surface area contributed by atoms with Crippen molar-refractivity contribution in [3.63, 3.8) is 0 Å². The minimum absolute atomic E-state index is 0.243. The number of ether oxygens (including phenoxy) is 3. The van der Waals surface area contributed by atoms with Gasteiger partial charge in [0.25, 0.3) is 0 Å². The fourth-order valence-corrected chi connectivity index (χ4v) is 5.04. The summed E-state index contributed by atoms with van der Waals surface area (Å²) >= 11 is 0.243. The molecule has 0 spiro atoms. The maximum absolute atomic E-state index is 6.07. The van der Waals surface area contributed by atoms with Gasteiger partial charge in [-0.05, 0) is 0 Å². The van der Waals surface area contributed by atoms with Crippen LogP contribution in [0.5, 0.6) is 5.75 Å². The van der Waals surface area contributed by atoms with Crippen molar-refractivity contribution in [3.05, 3.63) is 60.2 Å².